The highest BCUT2D eigenvalue weighted by Gasteiger charge is 2.24. The first-order chi connectivity index (χ1) is 11.2. The molecule has 1 amide bonds. The summed E-state index contributed by atoms with van der Waals surface area (Å²) in [5.41, 5.74) is 8.35. The molecule has 0 spiro atoms. The molecule has 0 radical (unpaired) electrons. The van der Waals surface area contributed by atoms with Crippen molar-refractivity contribution < 1.29 is 4.79 Å². The molecule has 2 aromatic rings. The third kappa shape index (κ3) is 3.29. The Bertz CT molecular complexity index is 768. The smallest absolute Gasteiger partial charge is 0.222 e. The fraction of sp³-hybridized carbons (Fsp3) is 0.294. The topological polar surface area (TPSA) is 95.9 Å². The summed E-state index contributed by atoms with van der Waals surface area (Å²) >= 11 is 0. The van der Waals surface area contributed by atoms with E-state index in [1.807, 2.05) is 12.1 Å². The van der Waals surface area contributed by atoms with E-state index >= 15 is 0 Å². The van der Waals surface area contributed by atoms with E-state index in [1.165, 1.54) is 0 Å². The minimum Gasteiger partial charge on any atom is -0.371 e. The van der Waals surface area contributed by atoms with Gasteiger partial charge in [0.05, 0.1) is 28.9 Å². The van der Waals surface area contributed by atoms with Crippen LogP contribution in [0.5, 0.6) is 0 Å². The number of nitrogens with zero attached hydrogens (tertiary/aromatic N) is 4. The number of primary amides is 1. The number of piperidine rings is 1. The predicted molar refractivity (Wildman–Crippen MR) is 86.3 cm³/mol. The molecule has 1 unspecified atom stereocenters. The summed E-state index contributed by atoms with van der Waals surface area (Å²) in [6.07, 6.45) is 5.11. The molecule has 1 fully saturated rings. The van der Waals surface area contributed by atoms with Gasteiger partial charge in [-0.25, -0.2) is 0 Å². The van der Waals surface area contributed by atoms with Crippen molar-refractivity contribution in [2.24, 2.45) is 11.7 Å². The minimum absolute atomic E-state index is 0.111. The number of aromatic nitrogens is 2. The van der Waals surface area contributed by atoms with E-state index in [0.717, 1.165) is 25.1 Å². The molecule has 6 heteroatoms. The molecule has 1 atom stereocenters. The van der Waals surface area contributed by atoms with Crippen LogP contribution in [0.4, 0.5) is 5.69 Å². The van der Waals surface area contributed by atoms with Crippen molar-refractivity contribution in [1.82, 2.24) is 9.97 Å². The van der Waals surface area contributed by atoms with E-state index in [4.69, 9.17) is 11.0 Å². The first-order valence-corrected chi connectivity index (χ1v) is 7.54. The Labute approximate surface area is 134 Å². The fourth-order valence-corrected chi connectivity index (χ4v) is 2.84. The van der Waals surface area contributed by atoms with Gasteiger partial charge in [0, 0.05) is 31.2 Å². The lowest BCUT2D eigenvalue weighted by Crippen LogP contribution is -2.41. The van der Waals surface area contributed by atoms with Crippen LogP contribution in [0.2, 0.25) is 0 Å². The van der Waals surface area contributed by atoms with E-state index < -0.39 is 0 Å². The fourth-order valence-electron chi connectivity index (χ4n) is 2.84. The first-order valence-electron chi connectivity index (χ1n) is 7.54. The number of pyridine rings is 2. The maximum atomic E-state index is 11.4. The normalized spacial score (nSPS) is 17.5. The third-order valence-electron chi connectivity index (χ3n) is 4.08. The molecule has 3 rings (SSSR count). The number of carbonyl (C=O) groups excluding carboxylic acids is 1. The van der Waals surface area contributed by atoms with E-state index in [0.29, 0.717) is 23.5 Å². The molecule has 3 heterocycles. The highest BCUT2D eigenvalue weighted by atomic mass is 16.1. The number of nitriles is 1. The van der Waals surface area contributed by atoms with Gasteiger partial charge in [-0.2, -0.15) is 5.26 Å². The Morgan fingerprint density at radius 2 is 2.00 bits per heavy atom. The van der Waals surface area contributed by atoms with E-state index in [-0.39, 0.29) is 11.8 Å². The molecule has 1 aliphatic rings. The summed E-state index contributed by atoms with van der Waals surface area (Å²) in [6, 6.07) is 9.34. The van der Waals surface area contributed by atoms with E-state index in [1.54, 1.807) is 24.5 Å². The number of hydrogen-bond donors (Lipinski definition) is 1. The second-order valence-electron chi connectivity index (χ2n) is 5.63. The number of carbonyl (C=O) groups is 1. The maximum absolute atomic E-state index is 11.4. The average Bonchev–Trinajstić information content (AvgIpc) is 2.62. The largest absolute Gasteiger partial charge is 0.371 e. The van der Waals surface area contributed by atoms with Crippen LogP contribution in [0.15, 0.2) is 36.7 Å². The van der Waals surface area contributed by atoms with Gasteiger partial charge in [-0.1, -0.05) is 0 Å². The molecule has 0 saturated carbocycles. The summed E-state index contributed by atoms with van der Waals surface area (Å²) < 4.78 is 0. The molecule has 0 aromatic carbocycles. The number of amides is 1. The highest BCUT2D eigenvalue weighted by Crippen LogP contribution is 2.26. The maximum Gasteiger partial charge on any atom is 0.222 e. The monoisotopic (exact) mass is 307 g/mol. The number of hydrogen-bond acceptors (Lipinski definition) is 5. The Morgan fingerprint density at radius 1 is 1.26 bits per heavy atom. The van der Waals surface area contributed by atoms with Crippen molar-refractivity contribution in [2.75, 3.05) is 18.0 Å². The first kappa shape index (κ1) is 15.0. The van der Waals surface area contributed by atoms with Gasteiger partial charge in [-0.3, -0.25) is 14.8 Å². The van der Waals surface area contributed by atoms with E-state index in [9.17, 15) is 4.79 Å². The van der Waals surface area contributed by atoms with E-state index in [2.05, 4.69) is 20.9 Å². The van der Waals surface area contributed by atoms with Crippen LogP contribution in [-0.4, -0.2) is 29.0 Å². The predicted octanol–water partition coefficient (Wildman–Crippen LogP) is 1.72. The lowest BCUT2D eigenvalue weighted by molar-refractivity contribution is -0.122. The van der Waals surface area contributed by atoms with Gasteiger partial charge in [0.2, 0.25) is 5.91 Å². The van der Waals surface area contributed by atoms with Crippen molar-refractivity contribution in [3.05, 3.63) is 42.2 Å². The lowest BCUT2D eigenvalue weighted by atomic mass is 9.97. The zero-order chi connectivity index (χ0) is 16.2. The SMILES string of the molecule is N#Cc1ccnc(-c2cc(N3CCCC(C(N)=O)C3)ccn2)c1. The van der Waals surface area contributed by atoms with Crippen LogP contribution in [0, 0.1) is 17.2 Å². The second-order valence-corrected chi connectivity index (χ2v) is 5.63. The van der Waals surface area contributed by atoms with Crippen LogP contribution >= 0.6 is 0 Å². The zero-order valence-electron chi connectivity index (χ0n) is 12.6. The number of nitrogens with two attached hydrogens (primary N) is 1. The van der Waals surface area contributed by atoms with Crippen LogP contribution in [0.3, 0.4) is 0 Å². The molecule has 0 aliphatic carbocycles. The molecule has 6 nitrogen and oxygen atoms in total. The summed E-state index contributed by atoms with van der Waals surface area (Å²) in [6.45, 7) is 1.52. The van der Waals surface area contributed by atoms with Gasteiger partial charge < -0.3 is 10.6 Å². The second kappa shape index (κ2) is 6.44. The minimum atomic E-state index is -0.243. The standard InChI is InChI=1S/C17H17N5O/c18-10-12-3-5-20-15(8-12)16-9-14(4-6-21-16)22-7-1-2-13(11-22)17(19)23/h3-6,8-9,13H,1-2,7,11H2,(H2,19,23). The molecule has 0 bridgehead atoms. The molecule has 1 saturated heterocycles. The summed E-state index contributed by atoms with van der Waals surface area (Å²) in [7, 11) is 0. The molecular formula is C17H17N5O. The van der Waals surface area contributed by atoms with Gasteiger partial charge >= 0.3 is 0 Å². The molecular weight excluding hydrogens is 290 g/mol. The Hall–Kier alpha value is -2.94. The van der Waals surface area contributed by atoms with Crippen LogP contribution in [-0.2, 0) is 4.79 Å². The quantitative estimate of drug-likeness (QED) is 0.931. The molecule has 2 N–H and O–H groups in total. The van der Waals surface area contributed by atoms with Crippen molar-refractivity contribution in [1.29, 1.82) is 5.26 Å². The highest BCUT2D eigenvalue weighted by molar-refractivity contribution is 5.77. The summed E-state index contributed by atoms with van der Waals surface area (Å²) in [5.74, 6) is -0.354. The molecule has 23 heavy (non-hydrogen) atoms. The van der Waals surface area contributed by atoms with Crippen molar-refractivity contribution in [2.45, 2.75) is 12.8 Å². The van der Waals surface area contributed by atoms with Crippen LogP contribution < -0.4 is 10.6 Å². The van der Waals surface area contributed by atoms with Gasteiger partial charge in [0.25, 0.3) is 0 Å². The van der Waals surface area contributed by atoms with Gasteiger partial charge in [-0.15, -0.1) is 0 Å². The summed E-state index contributed by atoms with van der Waals surface area (Å²) in [4.78, 5) is 22.2. The number of rotatable bonds is 3. The van der Waals surface area contributed by atoms with Crippen molar-refractivity contribution >= 4 is 11.6 Å². The van der Waals surface area contributed by atoms with Crippen LogP contribution in [0.1, 0.15) is 18.4 Å². The Balaban J connectivity index is 1.88. The zero-order valence-corrected chi connectivity index (χ0v) is 12.6. The van der Waals surface area contributed by atoms with Crippen molar-refractivity contribution in [3.63, 3.8) is 0 Å². The Morgan fingerprint density at radius 3 is 2.74 bits per heavy atom. The van der Waals surface area contributed by atoms with Gasteiger partial charge in [0.1, 0.15) is 0 Å². The molecule has 1 aliphatic heterocycles. The third-order valence-corrected chi connectivity index (χ3v) is 4.08. The lowest BCUT2D eigenvalue weighted by Gasteiger charge is -2.33. The average molecular weight is 307 g/mol. The van der Waals surface area contributed by atoms with Crippen LogP contribution in [0.25, 0.3) is 11.4 Å². The molecule has 116 valence electrons. The summed E-state index contributed by atoms with van der Waals surface area (Å²) in [5, 5.41) is 9.00. The van der Waals surface area contributed by atoms with Gasteiger partial charge in [0.15, 0.2) is 0 Å². The molecule has 2 aromatic heterocycles. The number of anilines is 1. The Kier molecular flexibility index (Phi) is 4.20. The van der Waals surface area contributed by atoms with Gasteiger partial charge in [-0.05, 0) is 37.1 Å². The van der Waals surface area contributed by atoms with Crippen molar-refractivity contribution in [3.8, 4) is 17.5 Å².